The van der Waals surface area contributed by atoms with Crippen molar-refractivity contribution in [1.29, 1.82) is 0 Å². The summed E-state index contributed by atoms with van der Waals surface area (Å²) in [5.74, 6) is -0.235. The van der Waals surface area contributed by atoms with Crippen LogP contribution in [0.25, 0.3) is 17.0 Å². The number of rotatable bonds is 2. The fourth-order valence-electron chi connectivity index (χ4n) is 2.01. The molecule has 0 spiro atoms. The van der Waals surface area contributed by atoms with Gasteiger partial charge in [-0.1, -0.05) is 29.3 Å². The number of ether oxygens (including phenoxy) is 2. The van der Waals surface area contributed by atoms with Gasteiger partial charge in [-0.2, -0.15) is 0 Å². The summed E-state index contributed by atoms with van der Waals surface area (Å²) in [4.78, 5) is 14.6. The summed E-state index contributed by atoms with van der Waals surface area (Å²) in [5.41, 5.74) is 1.76. The molecule has 0 aliphatic carbocycles. The van der Waals surface area contributed by atoms with E-state index in [1.807, 2.05) is 12.1 Å². The van der Waals surface area contributed by atoms with Gasteiger partial charge in [-0.3, -0.25) is 0 Å². The maximum absolute atomic E-state index is 11.4. The molecule has 1 aromatic carbocycles. The Balaban J connectivity index is 1.83. The number of cyclic esters (lactones) is 1. The van der Waals surface area contributed by atoms with Crippen molar-refractivity contribution in [3.8, 4) is 0 Å². The number of fused-ring (bicyclic) bond motifs is 1. The van der Waals surface area contributed by atoms with Crippen LogP contribution < -0.4 is 0 Å². The van der Waals surface area contributed by atoms with E-state index in [9.17, 15) is 4.79 Å². The number of H-pyrrole nitrogens is 1. The molecular weight excluding hydrogens is 313 g/mol. The number of benzene rings is 1. The number of halogens is 2. The highest BCUT2D eigenvalue weighted by Crippen LogP contribution is 2.28. The molecule has 2 aromatic rings. The predicted molar refractivity (Wildman–Crippen MR) is 82.3 cm³/mol. The molecule has 0 unspecified atom stereocenters. The molecule has 2 heterocycles. The first-order valence-electron chi connectivity index (χ1n) is 6.29. The molecule has 3 rings (SSSR count). The average molecular weight is 324 g/mol. The van der Waals surface area contributed by atoms with Gasteiger partial charge in [0, 0.05) is 16.6 Å². The molecule has 1 saturated heterocycles. The Morgan fingerprint density at radius 2 is 1.86 bits per heavy atom. The fraction of sp³-hybridized carbons (Fsp3) is 0.133. The number of esters is 1. The molecule has 4 nitrogen and oxygen atoms in total. The fourth-order valence-corrected chi connectivity index (χ4v) is 2.35. The summed E-state index contributed by atoms with van der Waals surface area (Å²) >= 11 is 11.9. The molecule has 1 fully saturated rings. The predicted octanol–water partition coefficient (Wildman–Crippen LogP) is 3.95. The van der Waals surface area contributed by atoms with Crippen LogP contribution in [-0.4, -0.2) is 24.2 Å². The van der Waals surface area contributed by atoms with Crippen molar-refractivity contribution in [2.45, 2.75) is 0 Å². The Labute approximate surface area is 130 Å². The molecule has 108 valence electrons. The summed E-state index contributed by atoms with van der Waals surface area (Å²) in [7, 11) is 0. The SMILES string of the molecule is O=C1OCCOC1=CC=Cc1cc2cc(Cl)c(Cl)cc2[nH]1. The van der Waals surface area contributed by atoms with Crippen molar-refractivity contribution >= 4 is 46.2 Å². The molecule has 0 saturated carbocycles. The lowest BCUT2D eigenvalue weighted by molar-refractivity contribution is -0.150. The Bertz CT molecular complexity index is 723. The average Bonchev–Trinajstić information content (AvgIpc) is 2.83. The van der Waals surface area contributed by atoms with E-state index in [0.717, 1.165) is 16.6 Å². The molecule has 0 bridgehead atoms. The number of nitrogens with one attached hydrogen (secondary N) is 1. The Morgan fingerprint density at radius 1 is 1.10 bits per heavy atom. The minimum absolute atomic E-state index is 0.208. The molecule has 1 aliphatic heterocycles. The van der Waals surface area contributed by atoms with E-state index in [-0.39, 0.29) is 5.76 Å². The summed E-state index contributed by atoms with van der Waals surface area (Å²) < 4.78 is 10.1. The third-order valence-corrected chi connectivity index (χ3v) is 3.70. The van der Waals surface area contributed by atoms with Crippen LogP contribution in [0.3, 0.4) is 0 Å². The first-order valence-corrected chi connectivity index (χ1v) is 7.05. The zero-order valence-corrected chi connectivity index (χ0v) is 12.4. The molecule has 21 heavy (non-hydrogen) atoms. The van der Waals surface area contributed by atoms with Crippen molar-refractivity contribution in [2.75, 3.05) is 13.2 Å². The third-order valence-electron chi connectivity index (χ3n) is 2.98. The molecule has 0 radical (unpaired) electrons. The minimum atomic E-state index is -0.443. The molecule has 6 heteroatoms. The lowest BCUT2D eigenvalue weighted by Gasteiger charge is -2.14. The maximum Gasteiger partial charge on any atom is 0.373 e. The van der Waals surface area contributed by atoms with Crippen LogP contribution in [0, 0.1) is 0 Å². The van der Waals surface area contributed by atoms with Gasteiger partial charge in [0.25, 0.3) is 0 Å². The van der Waals surface area contributed by atoms with Crippen LogP contribution in [0.2, 0.25) is 10.0 Å². The smallest absolute Gasteiger partial charge is 0.373 e. The van der Waals surface area contributed by atoms with Crippen LogP contribution in [0.4, 0.5) is 0 Å². The third kappa shape index (κ3) is 3.06. The zero-order chi connectivity index (χ0) is 14.8. The largest absolute Gasteiger partial charge is 0.483 e. The van der Waals surface area contributed by atoms with Crippen LogP contribution in [0.15, 0.2) is 36.1 Å². The number of carbonyl (C=O) groups excluding carboxylic acids is 1. The zero-order valence-electron chi connectivity index (χ0n) is 10.9. The first-order chi connectivity index (χ1) is 10.1. The van der Waals surface area contributed by atoms with E-state index in [0.29, 0.717) is 23.3 Å². The number of allylic oxidation sites excluding steroid dienone is 2. The van der Waals surface area contributed by atoms with Crippen molar-refractivity contribution in [2.24, 2.45) is 0 Å². The van der Waals surface area contributed by atoms with Gasteiger partial charge < -0.3 is 14.5 Å². The lowest BCUT2D eigenvalue weighted by atomic mass is 10.2. The second-order valence-corrected chi connectivity index (χ2v) is 5.27. The van der Waals surface area contributed by atoms with Gasteiger partial charge in [-0.15, -0.1) is 0 Å². The van der Waals surface area contributed by atoms with Gasteiger partial charge >= 0.3 is 5.97 Å². The van der Waals surface area contributed by atoms with E-state index in [2.05, 4.69) is 4.98 Å². The highest BCUT2D eigenvalue weighted by atomic mass is 35.5. The van der Waals surface area contributed by atoms with Crippen LogP contribution in [-0.2, 0) is 14.3 Å². The number of aromatic nitrogens is 1. The quantitative estimate of drug-likeness (QED) is 0.672. The number of hydrogen-bond acceptors (Lipinski definition) is 3. The summed E-state index contributed by atoms with van der Waals surface area (Å²) in [6.07, 6.45) is 5.11. The maximum atomic E-state index is 11.4. The number of carbonyl (C=O) groups is 1. The van der Waals surface area contributed by atoms with E-state index in [1.54, 1.807) is 24.3 Å². The highest BCUT2D eigenvalue weighted by Gasteiger charge is 2.16. The molecule has 1 N–H and O–H groups in total. The normalized spacial score (nSPS) is 17.4. The van der Waals surface area contributed by atoms with Crippen molar-refractivity contribution < 1.29 is 14.3 Å². The Hall–Kier alpha value is -1.91. The van der Waals surface area contributed by atoms with E-state index >= 15 is 0 Å². The van der Waals surface area contributed by atoms with E-state index in [4.69, 9.17) is 32.7 Å². The van der Waals surface area contributed by atoms with Crippen molar-refractivity contribution in [3.63, 3.8) is 0 Å². The summed E-state index contributed by atoms with van der Waals surface area (Å²) in [6, 6.07) is 5.51. The van der Waals surface area contributed by atoms with Crippen LogP contribution >= 0.6 is 23.2 Å². The Kier molecular flexibility index (Phi) is 3.90. The minimum Gasteiger partial charge on any atom is -0.483 e. The lowest BCUT2D eigenvalue weighted by Crippen LogP contribution is -2.21. The van der Waals surface area contributed by atoms with Gasteiger partial charge in [0.2, 0.25) is 5.76 Å². The first kappa shape index (κ1) is 14.0. The molecule has 0 amide bonds. The van der Waals surface area contributed by atoms with Gasteiger partial charge in [-0.05, 0) is 30.4 Å². The van der Waals surface area contributed by atoms with Crippen LogP contribution in [0.5, 0.6) is 0 Å². The van der Waals surface area contributed by atoms with Crippen molar-refractivity contribution in [1.82, 2.24) is 4.98 Å². The van der Waals surface area contributed by atoms with Gasteiger partial charge in [0.1, 0.15) is 13.2 Å². The van der Waals surface area contributed by atoms with Gasteiger partial charge in [0.15, 0.2) is 0 Å². The van der Waals surface area contributed by atoms with Crippen LogP contribution in [0.1, 0.15) is 5.69 Å². The van der Waals surface area contributed by atoms with Crippen molar-refractivity contribution in [3.05, 3.63) is 51.8 Å². The second kappa shape index (κ2) is 5.84. The molecule has 1 aromatic heterocycles. The van der Waals surface area contributed by atoms with Gasteiger partial charge in [-0.25, -0.2) is 4.79 Å². The van der Waals surface area contributed by atoms with E-state index in [1.165, 1.54) is 0 Å². The highest BCUT2D eigenvalue weighted by molar-refractivity contribution is 6.42. The van der Waals surface area contributed by atoms with Gasteiger partial charge in [0.05, 0.1) is 10.0 Å². The second-order valence-electron chi connectivity index (χ2n) is 4.45. The molecule has 1 aliphatic rings. The standard InChI is InChI=1S/C15H11Cl2NO3/c16-11-7-9-6-10(18-13(9)8-12(11)17)2-1-3-14-15(19)21-5-4-20-14/h1-3,6-8,18H,4-5H2. The number of hydrogen-bond donors (Lipinski definition) is 1. The molecule has 0 atom stereocenters. The summed E-state index contributed by atoms with van der Waals surface area (Å²) in [6.45, 7) is 0.679. The monoisotopic (exact) mass is 323 g/mol. The topological polar surface area (TPSA) is 51.3 Å². The Morgan fingerprint density at radius 3 is 2.67 bits per heavy atom. The molecular formula is C15H11Cl2NO3. The number of aromatic amines is 1. The summed E-state index contributed by atoms with van der Waals surface area (Å²) in [5, 5.41) is 1.98. The van der Waals surface area contributed by atoms with E-state index < -0.39 is 5.97 Å².